The van der Waals surface area contributed by atoms with Crippen molar-refractivity contribution in [2.24, 2.45) is 5.92 Å². The fraction of sp³-hybridized carbons (Fsp3) is 0.750. The highest BCUT2D eigenvalue weighted by molar-refractivity contribution is 5.79. The Balaban J connectivity index is 2.48. The van der Waals surface area contributed by atoms with Crippen LogP contribution in [0.4, 0.5) is 0 Å². The van der Waals surface area contributed by atoms with E-state index >= 15 is 0 Å². The number of carbonyl (C=O) groups excluding carboxylic acids is 1. The van der Waals surface area contributed by atoms with E-state index in [9.17, 15) is 4.79 Å². The van der Waals surface area contributed by atoms with Crippen LogP contribution in [-0.2, 0) is 4.79 Å². The third-order valence-corrected chi connectivity index (χ3v) is 2.93. The topological polar surface area (TPSA) is 20.3 Å². The van der Waals surface area contributed by atoms with Crippen LogP contribution < -0.4 is 0 Å². The molecule has 0 unspecified atom stereocenters. The standard InChI is InChI=1S/C12H19NO/c1-3-10-13(4-2)12(14)11-8-6-5-7-9-11/h1,11H,4-10H2,2H3. The van der Waals surface area contributed by atoms with E-state index in [2.05, 4.69) is 5.92 Å². The summed E-state index contributed by atoms with van der Waals surface area (Å²) >= 11 is 0. The summed E-state index contributed by atoms with van der Waals surface area (Å²) in [5.74, 6) is 3.06. The quantitative estimate of drug-likeness (QED) is 0.628. The fourth-order valence-corrected chi connectivity index (χ4v) is 2.06. The molecule has 0 spiro atoms. The molecule has 0 aliphatic heterocycles. The van der Waals surface area contributed by atoms with Gasteiger partial charge in [0.25, 0.3) is 0 Å². The summed E-state index contributed by atoms with van der Waals surface area (Å²) in [5, 5.41) is 0. The van der Waals surface area contributed by atoms with Crippen LogP contribution in [0.1, 0.15) is 39.0 Å². The van der Waals surface area contributed by atoms with Crippen molar-refractivity contribution in [3.8, 4) is 12.3 Å². The lowest BCUT2D eigenvalue weighted by Gasteiger charge is -2.27. The minimum atomic E-state index is 0.247. The molecule has 2 nitrogen and oxygen atoms in total. The van der Waals surface area contributed by atoms with E-state index in [1.165, 1.54) is 19.3 Å². The molecule has 0 aromatic rings. The maximum Gasteiger partial charge on any atom is 0.226 e. The van der Waals surface area contributed by atoms with Gasteiger partial charge in [0, 0.05) is 12.5 Å². The van der Waals surface area contributed by atoms with Crippen LogP contribution in [0, 0.1) is 18.3 Å². The van der Waals surface area contributed by atoms with Crippen molar-refractivity contribution in [2.75, 3.05) is 13.1 Å². The van der Waals surface area contributed by atoms with E-state index in [4.69, 9.17) is 6.42 Å². The minimum Gasteiger partial charge on any atom is -0.332 e. The van der Waals surface area contributed by atoms with Gasteiger partial charge in [-0.1, -0.05) is 25.2 Å². The van der Waals surface area contributed by atoms with Crippen molar-refractivity contribution >= 4 is 5.91 Å². The molecule has 0 saturated heterocycles. The van der Waals surface area contributed by atoms with Crippen molar-refractivity contribution < 1.29 is 4.79 Å². The summed E-state index contributed by atoms with van der Waals surface area (Å²) in [5.41, 5.74) is 0. The second-order valence-corrected chi connectivity index (χ2v) is 3.89. The molecule has 1 saturated carbocycles. The Morgan fingerprint density at radius 3 is 2.57 bits per heavy atom. The van der Waals surface area contributed by atoms with Crippen molar-refractivity contribution in [1.82, 2.24) is 4.90 Å². The highest BCUT2D eigenvalue weighted by Gasteiger charge is 2.24. The van der Waals surface area contributed by atoms with Crippen LogP contribution >= 0.6 is 0 Å². The molecule has 78 valence electrons. The molecule has 0 aromatic heterocycles. The molecule has 0 radical (unpaired) electrons. The molecule has 0 atom stereocenters. The smallest absolute Gasteiger partial charge is 0.226 e. The van der Waals surface area contributed by atoms with Gasteiger partial charge in [-0.25, -0.2) is 0 Å². The Labute approximate surface area is 86.7 Å². The molecule has 1 aliphatic rings. The van der Waals surface area contributed by atoms with Crippen LogP contribution in [0.2, 0.25) is 0 Å². The SMILES string of the molecule is C#CCN(CC)C(=O)C1CCCCC1. The largest absolute Gasteiger partial charge is 0.332 e. The average Bonchev–Trinajstić information content (AvgIpc) is 2.26. The number of terminal acetylenes is 1. The van der Waals surface area contributed by atoms with Gasteiger partial charge in [-0.05, 0) is 19.8 Å². The normalized spacial score (nSPS) is 17.4. The Kier molecular flexibility index (Phi) is 4.52. The monoisotopic (exact) mass is 193 g/mol. The Bertz CT molecular complexity index is 223. The average molecular weight is 193 g/mol. The molecule has 1 rings (SSSR count). The third kappa shape index (κ3) is 2.77. The van der Waals surface area contributed by atoms with Crippen LogP contribution in [0.3, 0.4) is 0 Å². The van der Waals surface area contributed by atoms with E-state index in [0.717, 1.165) is 19.4 Å². The number of nitrogens with zero attached hydrogens (tertiary/aromatic N) is 1. The highest BCUT2D eigenvalue weighted by atomic mass is 16.2. The lowest BCUT2D eigenvalue weighted by molar-refractivity contribution is -0.135. The van der Waals surface area contributed by atoms with Crippen molar-refractivity contribution in [2.45, 2.75) is 39.0 Å². The number of hydrogen-bond acceptors (Lipinski definition) is 1. The second-order valence-electron chi connectivity index (χ2n) is 3.89. The van der Waals surface area contributed by atoms with E-state index in [1.807, 2.05) is 6.92 Å². The third-order valence-electron chi connectivity index (χ3n) is 2.93. The summed E-state index contributed by atoms with van der Waals surface area (Å²) in [6, 6.07) is 0. The van der Waals surface area contributed by atoms with Crippen molar-refractivity contribution in [1.29, 1.82) is 0 Å². The van der Waals surface area contributed by atoms with E-state index in [-0.39, 0.29) is 11.8 Å². The van der Waals surface area contributed by atoms with Gasteiger partial charge in [-0.15, -0.1) is 6.42 Å². The first-order chi connectivity index (χ1) is 6.79. The van der Waals surface area contributed by atoms with E-state index in [0.29, 0.717) is 6.54 Å². The first-order valence-corrected chi connectivity index (χ1v) is 5.51. The molecule has 14 heavy (non-hydrogen) atoms. The van der Waals surface area contributed by atoms with E-state index in [1.54, 1.807) is 4.90 Å². The van der Waals surface area contributed by atoms with Gasteiger partial charge in [0.15, 0.2) is 0 Å². The molecule has 0 N–H and O–H groups in total. The van der Waals surface area contributed by atoms with Crippen molar-refractivity contribution in [3.63, 3.8) is 0 Å². The molecule has 1 aliphatic carbocycles. The van der Waals surface area contributed by atoms with Gasteiger partial charge in [0.1, 0.15) is 0 Å². The van der Waals surface area contributed by atoms with Crippen LogP contribution in [0.5, 0.6) is 0 Å². The second kappa shape index (κ2) is 5.70. The first kappa shape index (κ1) is 11.1. The summed E-state index contributed by atoms with van der Waals surface area (Å²) in [6.45, 7) is 3.18. The molecule has 1 fully saturated rings. The highest BCUT2D eigenvalue weighted by Crippen LogP contribution is 2.25. The van der Waals surface area contributed by atoms with Crippen LogP contribution in [-0.4, -0.2) is 23.9 Å². The lowest BCUT2D eigenvalue weighted by atomic mass is 9.88. The maximum absolute atomic E-state index is 11.9. The molecule has 1 amide bonds. The molecule has 0 bridgehead atoms. The van der Waals surface area contributed by atoms with Crippen LogP contribution in [0.25, 0.3) is 0 Å². The van der Waals surface area contributed by atoms with Gasteiger partial charge >= 0.3 is 0 Å². The summed E-state index contributed by atoms with van der Waals surface area (Å²) in [6.07, 6.45) is 11.0. The zero-order valence-corrected chi connectivity index (χ0v) is 8.96. The molecule has 0 aromatic carbocycles. The predicted octanol–water partition coefficient (Wildman–Crippen LogP) is 2.05. The Morgan fingerprint density at radius 1 is 1.43 bits per heavy atom. The number of amides is 1. The predicted molar refractivity (Wildman–Crippen MR) is 57.7 cm³/mol. The zero-order valence-electron chi connectivity index (χ0n) is 8.96. The molecular weight excluding hydrogens is 174 g/mol. The van der Waals surface area contributed by atoms with Gasteiger partial charge in [0.2, 0.25) is 5.91 Å². The van der Waals surface area contributed by atoms with Gasteiger partial charge < -0.3 is 4.90 Å². The Morgan fingerprint density at radius 2 is 2.07 bits per heavy atom. The lowest BCUT2D eigenvalue weighted by Crippen LogP contribution is -2.37. The number of carbonyl (C=O) groups is 1. The fourth-order valence-electron chi connectivity index (χ4n) is 2.06. The zero-order chi connectivity index (χ0) is 10.4. The molecule has 0 heterocycles. The summed E-state index contributed by atoms with van der Waals surface area (Å²) in [7, 11) is 0. The van der Waals surface area contributed by atoms with Gasteiger partial charge in [-0.2, -0.15) is 0 Å². The van der Waals surface area contributed by atoms with E-state index < -0.39 is 0 Å². The summed E-state index contributed by atoms with van der Waals surface area (Å²) < 4.78 is 0. The summed E-state index contributed by atoms with van der Waals surface area (Å²) in [4.78, 5) is 13.7. The Hall–Kier alpha value is -0.970. The molecule has 2 heteroatoms. The first-order valence-electron chi connectivity index (χ1n) is 5.51. The van der Waals surface area contributed by atoms with Crippen molar-refractivity contribution in [3.05, 3.63) is 0 Å². The number of rotatable bonds is 3. The number of hydrogen-bond donors (Lipinski definition) is 0. The van der Waals surface area contributed by atoms with Gasteiger partial charge in [-0.3, -0.25) is 4.79 Å². The van der Waals surface area contributed by atoms with Gasteiger partial charge in [0.05, 0.1) is 6.54 Å². The van der Waals surface area contributed by atoms with Crippen LogP contribution in [0.15, 0.2) is 0 Å². The maximum atomic E-state index is 11.9. The molecular formula is C12H19NO. The minimum absolute atomic E-state index is 0.247.